The summed E-state index contributed by atoms with van der Waals surface area (Å²) >= 11 is 0. The first-order valence-electron chi connectivity index (χ1n) is 6.77. The van der Waals surface area contributed by atoms with Crippen molar-refractivity contribution >= 4 is 5.82 Å². The highest BCUT2D eigenvalue weighted by molar-refractivity contribution is 5.42. The lowest BCUT2D eigenvalue weighted by atomic mass is 10.3. The van der Waals surface area contributed by atoms with E-state index in [0.29, 0.717) is 6.04 Å². The van der Waals surface area contributed by atoms with Crippen LogP contribution < -0.4 is 10.2 Å². The lowest BCUT2D eigenvalue weighted by Crippen LogP contribution is -2.30. The molecule has 1 saturated carbocycles. The van der Waals surface area contributed by atoms with E-state index in [1.165, 1.54) is 12.8 Å². The maximum absolute atomic E-state index is 5.19. The predicted octanol–water partition coefficient (Wildman–Crippen LogP) is 1.81. The molecule has 1 aliphatic carbocycles. The molecular weight excluding hydrogens is 226 g/mol. The Bertz CT molecular complexity index is 366. The summed E-state index contributed by atoms with van der Waals surface area (Å²) in [6, 6.07) is 6.94. The average Bonchev–Trinajstić information content (AvgIpc) is 3.22. The number of nitrogens with one attached hydrogen (secondary N) is 1. The molecule has 1 N–H and O–H groups in total. The maximum atomic E-state index is 5.19. The number of ether oxygens (including phenoxy) is 1. The lowest BCUT2D eigenvalue weighted by Gasteiger charge is -2.23. The number of nitrogens with zero attached hydrogens (tertiary/aromatic N) is 2. The zero-order valence-electron chi connectivity index (χ0n) is 11.4. The van der Waals surface area contributed by atoms with Gasteiger partial charge in [0.15, 0.2) is 0 Å². The van der Waals surface area contributed by atoms with Crippen molar-refractivity contribution in [3.63, 3.8) is 0 Å². The lowest BCUT2D eigenvalue weighted by molar-refractivity contribution is 0.204. The van der Waals surface area contributed by atoms with Crippen molar-refractivity contribution in [1.82, 2.24) is 10.3 Å². The van der Waals surface area contributed by atoms with Crippen LogP contribution in [0.1, 0.15) is 25.5 Å². The van der Waals surface area contributed by atoms with E-state index in [0.717, 1.165) is 37.8 Å². The van der Waals surface area contributed by atoms with Gasteiger partial charge in [-0.15, -0.1) is 0 Å². The number of anilines is 1. The molecule has 100 valence electrons. The molecule has 4 nitrogen and oxygen atoms in total. The first-order valence-corrected chi connectivity index (χ1v) is 6.77. The van der Waals surface area contributed by atoms with Crippen LogP contribution in [0.2, 0.25) is 0 Å². The van der Waals surface area contributed by atoms with Gasteiger partial charge in [-0.05, 0) is 31.5 Å². The minimum atomic E-state index is 0.669. The van der Waals surface area contributed by atoms with Gasteiger partial charge in [-0.2, -0.15) is 0 Å². The molecular formula is C14H23N3O. The van der Waals surface area contributed by atoms with Crippen molar-refractivity contribution in [1.29, 1.82) is 0 Å². The molecule has 0 atom stereocenters. The maximum Gasteiger partial charge on any atom is 0.129 e. The van der Waals surface area contributed by atoms with Gasteiger partial charge < -0.3 is 15.0 Å². The van der Waals surface area contributed by atoms with Gasteiger partial charge in [-0.3, -0.25) is 0 Å². The molecule has 0 spiro atoms. The van der Waals surface area contributed by atoms with Crippen molar-refractivity contribution in [3.05, 3.63) is 23.9 Å². The highest BCUT2D eigenvalue weighted by atomic mass is 16.5. The summed E-state index contributed by atoms with van der Waals surface area (Å²) in [4.78, 5) is 7.11. The van der Waals surface area contributed by atoms with Crippen LogP contribution in [0.25, 0.3) is 0 Å². The van der Waals surface area contributed by atoms with Crippen molar-refractivity contribution in [2.75, 3.05) is 31.7 Å². The van der Waals surface area contributed by atoms with E-state index in [9.17, 15) is 0 Å². The molecule has 0 amide bonds. The monoisotopic (exact) mass is 249 g/mol. The third-order valence-electron chi connectivity index (χ3n) is 3.17. The van der Waals surface area contributed by atoms with Crippen LogP contribution in [0, 0.1) is 0 Å². The largest absolute Gasteiger partial charge is 0.383 e. The van der Waals surface area contributed by atoms with Crippen LogP contribution in [0.5, 0.6) is 0 Å². The fourth-order valence-corrected chi connectivity index (χ4v) is 2.04. The van der Waals surface area contributed by atoms with E-state index in [2.05, 4.69) is 35.3 Å². The summed E-state index contributed by atoms with van der Waals surface area (Å²) < 4.78 is 5.19. The molecule has 2 rings (SSSR count). The minimum Gasteiger partial charge on any atom is -0.383 e. The molecule has 0 aliphatic heterocycles. The third kappa shape index (κ3) is 3.68. The Morgan fingerprint density at radius 3 is 2.94 bits per heavy atom. The molecule has 0 saturated heterocycles. The van der Waals surface area contributed by atoms with E-state index in [1.807, 2.05) is 0 Å². The summed E-state index contributed by atoms with van der Waals surface area (Å²) in [7, 11) is 1.75. The Morgan fingerprint density at radius 1 is 1.44 bits per heavy atom. The van der Waals surface area contributed by atoms with Gasteiger partial charge in [0.2, 0.25) is 0 Å². The summed E-state index contributed by atoms with van der Waals surface area (Å²) in [5.74, 6) is 1.09. The molecule has 1 heterocycles. The summed E-state index contributed by atoms with van der Waals surface area (Å²) in [6.45, 7) is 5.61. The van der Waals surface area contributed by atoms with Gasteiger partial charge in [0.25, 0.3) is 0 Å². The second kappa shape index (κ2) is 6.71. The Labute approximate surface area is 109 Å². The quantitative estimate of drug-likeness (QED) is 0.762. The third-order valence-corrected chi connectivity index (χ3v) is 3.17. The second-order valence-corrected chi connectivity index (χ2v) is 4.68. The van der Waals surface area contributed by atoms with Gasteiger partial charge in [-0.25, -0.2) is 4.98 Å². The molecule has 1 fully saturated rings. The minimum absolute atomic E-state index is 0.669. The van der Waals surface area contributed by atoms with Gasteiger partial charge in [0, 0.05) is 26.2 Å². The van der Waals surface area contributed by atoms with Crippen molar-refractivity contribution < 1.29 is 4.74 Å². The standard InChI is InChI=1S/C14H23N3O/c1-3-15-11-12-5-4-6-14(16-12)17(9-10-18-2)13-7-8-13/h4-6,13,15H,3,7-11H2,1-2H3. The normalized spacial score (nSPS) is 14.8. The fourth-order valence-electron chi connectivity index (χ4n) is 2.04. The second-order valence-electron chi connectivity index (χ2n) is 4.68. The molecule has 18 heavy (non-hydrogen) atoms. The Balaban J connectivity index is 2.03. The van der Waals surface area contributed by atoms with Crippen LogP contribution in [0.4, 0.5) is 5.82 Å². The molecule has 1 aromatic rings. The van der Waals surface area contributed by atoms with E-state index in [-0.39, 0.29) is 0 Å². The zero-order valence-corrected chi connectivity index (χ0v) is 11.4. The van der Waals surface area contributed by atoms with Crippen molar-refractivity contribution in [3.8, 4) is 0 Å². The number of hydrogen-bond acceptors (Lipinski definition) is 4. The number of methoxy groups -OCH3 is 1. The van der Waals surface area contributed by atoms with Crippen molar-refractivity contribution in [2.24, 2.45) is 0 Å². The van der Waals surface area contributed by atoms with E-state index in [4.69, 9.17) is 9.72 Å². The van der Waals surface area contributed by atoms with Crippen LogP contribution in [-0.4, -0.2) is 37.8 Å². The van der Waals surface area contributed by atoms with E-state index in [1.54, 1.807) is 7.11 Å². The van der Waals surface area contributed by atoms with Crippen LogP contribution in [-0.2, 0) is 11.3 Å². The van der Waals surface area contributed by atoms with Crippen LogP contribution in [0.3, 0.4) is 0 Å². The van der Waals surface area contributed by atoms with E-state index < -0.39 is 0 Å². The average molecular weight is 249 g/mol. The number of pyridine rings is 1. The fraction of sp³-hybridized carbons (Fsp3) is 0.643. The highest BCUT2D eigenvalue weighted by Crippen LogP contribution is 2.30. The molecule has 0 unspecified atom stereocenters. The highest BCUT2D eigenvalue weighted by Gasteiger charge is 2.29. The first kappa shape index (κ1) is 13.3. The number of aromatic nitrogens is 1. The molecule has 4 heteroatoms. The van der Waals surface area contributed by atoms with Crippen molar-refractivity contribution in [2.45, 2.75) is 32.4 Å². The molecule has 0 aromatic carbocycles. The van der Waals surface area contributed by atoms with Gasteiger partial charge in [0.05, 0.1) is 12.3 Å². The summed E-state index contributed by atoms with van der Waals surface area (Å²) in [6.07, 6.45) is 2.56. The molecule has 1 aliphatic rings. The molecule has 1 aromatic heterocycles. The number of hydrogen-bond donors (Lipinski definition) is 1. The van der Waals surface area contributed by atoms with Crippen LogP contribution in [0.15, 0.2) is 18.2 Å². The van der Waals surface area contributed by atoms with Gasteiger partial charge in [0.1, 0.15) is 5.82 Å². The summed E-state index contributed by atoms with van der Waals surface area (Å²) in [5, 5.41) is 3.31. The Kier molecular flexibility index (Phi) is 4.96. The van der Waals surface area contributed by atoms with Gasteiger partial charge in [-0.1, -0.05) is 13.0 Å². The Morgan fingerprint density at radius 2 is 2.28 bits per heavy atom. The predicted molar refractivity (Wildman–Crippen MR) is 73.9 cm³/mol. The first-order chi connectivity index (χ1) is 8.85. The Hall–Kier alpha value is -1.13. The zero-order chi connectivity index (χ0) is 12.8. The topological polar surface area (TPSA) is 37.4 Å². The van der Waals surface area contributed by atoms with Crippen LogP contribution >= 0.6 is 0 Å². The molecule has 0 bridgehead atoms. The summed E-state index contributed by atoms with van der Waals surface area (Å²) in [5.41, 5.74) is 1.11. The van der Waals surface area contributed by atoms with Gasteiger partial charge >= 0.3 is 0 Å². The number of rotatable bonds is 8. The SMILES string of the molecule is CCNCc1cccc(N(CCOC)C2CC2)n1. The smallest absolute Gasteiger partial charge is 0.129 e. The molecule has 0 radical (unpaired) electrons. The van der Waals surface area contributed by atoms with E-state index >= 15 is 0 Å².